The van der Waals surface area contributed by atoms with E-state index < -0.39 is 5.41 Å². The second kappa shape index (κ2) is 3.78. The van der Waals surface area contributed by atoms with Crippen molar-refractivity contribution in [1.29, 1.82) is 0 Å². The molecular formula is C14H16O2. The highest BCUT2D eigenvalue weighted by Gasteiger charge is 2.39. The van der Waals surface area contributed by atoms with Gasteiger partial charge in [-0.25, -0.2) is 0 Å². The number of hydrogen-bond acceptors (Lipinski definition) is 2. The Kier molecular flexibility index (Phi) is 2.58. The predicted octanol–water partition coefficient (Wildman–Crippen LogP) is 3.25. The summed E-state index contributed by atoms with van der Waals surface area (Å²) < 4.78 is 5.38. The van der Waals surface area contributed by atoms with E-state index >= 15 is 0 Å². The van der Waals surface area contributed by atoms with Gasteiger partial charge in [-0.2, -0.15) is 0 Å². The van der Waals surface area contributed by atoms with Crippen LogP contribution in [-0.4, -0.2) is 5.97 Å². The molecule has 0 N–H and O–H groups in total. The van der Waals surface area contributed by atoms with Crippen molar-refractivity contribution in [3.63, 3.8) is 0 Å². The Labute approximate surface area is 95.9 Å². The van der Waals surface area contributed by atoms with Crippen LogP contribution in [0.2, 0.25) is 0 Å². The molecule has 2 rings (SSSR count). The first-order valence-corrected chi connectivity index (χ1v) is 5.51. The van der Waals surface area contributed by atoms with Gasteiger partial charge in [-0.15, -0.1) is 0 Å². The number of rotatable bonds is 1. The van der Waals surface area contributed by atoms with Gasteiger partial charge >= 0.3 is 5.97 Å². The third-order valence-corrected chi connectivity index (χ3v) is 3.33. The van der Waals surface area contributed by atoms with E-state index in [1.807, 2.05) is 57.2 Å². The molecule has 1 heterocycles. The van der Waals surface area contributed by atoms with Crippen LogP contribution in [0.4, 0.5) is 0 Å². The average molecular weight is 216 g/mol. The zero-order chi connectivity index (χ0) is 11.8. The van der Waals surface area contributed by atoms with E-state index in [1.165, 1.54) is 0 Å². The molecule has 0 saturated heterocycles. The van der Waals surface area contributed by atoms with Crippen molar-refractivity contribution in [1.82, 2.24) is 0 Å². The van der Waals surface area contributed by atoms with Crippen LogP contribution in [-0.2, 0) is 9.53 Å². The van der Waals surface area contributed by atoms with E-state index in [4.69, 9.17) is 4.74 Å². The molecule has 2 heteroatoms. The topological polar surface area (TPSA) is 26.3 Å². The lowest BCUT2D eigenvalue weighted by atomic mass is 9.78. The summed E-state index contributed by atoms with van der Waals surface area (Å²) in [5.41, 5.74) is 0.524. The van der Waals surface area contributed by atoms with E-state index in [0.717, 1.165) is 5.56 Å². The van der Waals surface area contributed by atoms with Gasteiger partial charge in [0.2, 0.25) is 0 Å². The molecule has 1 aliphatic rings. The number of benzene rings is 1. The average Bonchev–Trinajstić information content (AvgIpc) is 2.27. The van der Waals surface area contributed by atoms with Crippen LogP contribution < -0.4 is 0 Å². The minimum Gasteiger partial charge on any atom is -0.426 e. The van der Waals surface area contributed by atoms with Crippen molar-refractivity contribution in [2.75, 3.05) is 0 Å². The second-order valence-electron chi connectivity index (χ2n) is 4.80. The van der Waals surface area contributed by atoms with Gasteiger partial charge in [0.1, 0.15) is 5.76 Å². The first-order chi connectivity index (χ1) is 7.51. The number of ether oxygens (including phenoxy) is 1. The van der Waals surface area contributed by atoms with E-state index in [2.05, 4.69) is 0 Å². The van der Waals surface area contributed by atoms with Crippen molar-refractivity contribution in [3.05, 3.63) is 42.0 Å². The monoisotopic (exact) mass is 216 g/mol. The largest absolute Gasteiger partial charge is 0.426 e. The Hall–Kier alpha value is -1.57. The van der Waals surface area contributed by atoms with Crippen LogP contribution in [0.3, 0.4) is 0 Å². The zero-order valence-corrected chi connectivity index (χ0v) is 9.86. The normalized spacial score (nSPS) is 23.6. The molecule has 1 aliphatic heterocycles. The van der Waals surface area contributed by atoms with Crippen molar-refractivity contribution in [2.45, 2.75) is 20.8 Å². The van der Waals surface area contributed by atoms with Crippen molar-refractivity contribution >= 4 is 11.7 Å². The Morgan fingerprint density at radius 1 is 1.19 bits per heavy atom. The fourth-order valence-corrected chi connectivity index (χ4v) is 1.64. The number of carbonyl (C=O) groups is 1. The Morgan fingerprint density at radius 3 is 2.38 bits per heavy atom. The van der Waals surface area contributed by atoms with Gasteiger partial charge < -0.3 is 4.74 Å². The molecule has 0 radical (unpaired) electrons. The fourth-order valence-electron chi connectivity index (χ4n) is 1.64. The molecule has 0 saturated carbocycles. The first kappa shape index (κ1) is 10.9. The van der Waals surface area contributed by atoms with Gasteiger partial charge in [0.15, 0.2) is 0 Å². The number of carbonyl (C=O) groups excluding carboxylic acids is 1. The molecule has 0 spiro atoms. The highest BCUT2D eigenvalue weighted by Crippen LogP contribution is 2.37. The molecule has 1 atom stereocenters. The molecule has 0 aromatic heterocycles. The van der Waals surface area contributed by atoms with Crippen molar-refractivity contribution in [3.8, 4) is 0 Å². The van der Waals surface area contributed by atoms with Crippen LogP contribution in [0.5, 0.6) is 0 Å². The SMILES string of the molecule is CC1C=C(c2ccccc2)OC(=O)C1(C)C. The van der Waals surface area contributed by atoms with Crippen LogP contribution in [0.15, 0.2) is 36.4 Å². The molecule has 84 valence electrons. The van der Waals surface area contributed by atoms with Gasteiger partial charge in [-0.3, -0.25) is 4.79 Å². The number of esters is 1. The molecule has 0 bridgehead atoms. The summed E-state index contributed by atoms with van der Waals surface area (Å²) in [6, 6.07) is 9.72. The van der Waals surface area contributed by atoms with Gasteiger partial charge in [0, 0.05) is 5.56 Å². The van der Waals surface area contributed by atoms with E-state index in [9.17, 15) is 4.79 Å². The first-order valence-electron chi connectivity index (χ1n) is 5.51. The van der Waals surface area contributed by atoms with Gasteiger partial charge in [0.05, 0.1) is 5.41 Å². The molecule has 0 fully saturated rings. The van der Waals surface area contributed by atoms with Gasteiger partial charge in [0.25, 0.3) is 0 Å². The highest BCUT2D eigenvalue weighted by atomic mass is 16.5. The van der Waals surface area contributed by atoms with Crippen molar-refractivity contribution in [2.24, 2.45) is 11.3 Å². The van der Waals surface area contributed by atoms with E-state index in [0.29, 0.717) is 5.76 Å². The highest BCUT2D eigenvalue weighted by molar-refractivity contribution is 5.85. The minimum absolute atomic E-state index is 0.152. The standard InChI is InChI=1S/C14H16O2/c1-10-9-12(11-7-5-4-6-8-11)16-13(15)14(10,2)3/h4-10H,1-3H3. The minimum atomic E-state index is -0.432. The molecule has 1 aromatic carbocycles. The van der Waals surface area contributed by atoms with Crippen molar-refractivity contribution < 1.29 is 9.53 Å². The lowest BCUT2D eigenvalue weighted by molar-refractivity contribution is -0.149. The molecule has 1 aromatic rings. The molecule has 1 unspecified atom stereocenters. The van der Waals surface area contributed by atoms with Gasteiger partial charge in [-0.1, -0.05) is 37.3 Å². The molecular weight excluding hydrogens is 200 g/mol. The number of cyclic esters (lactones) is 1. The van der Waals surface area contributed by atoms with Crippen LogP contribution in [0.25, 0.3) is 5.76 Å². The van der Waals surface area contributed by atoms with Gasteiger partial charge in [-0.05, 0) is 25.8 Å². The van der Waals surface area contributed by atoms with Crippen LogP contribution >= 0.6 is 0 Å². The smallest absolute Gasteiger partial charge is 0.317 e. The number of hydrogen-bond donors (Lipinski definition) is 0. The maximum absolute atomic E-state index is 11.8. The summed E-state index contributed by atoms with van der Waals surface area (Å²) in [7, 11) is 0. The third kappa shape index (κ3) is 1.75. The molecule has 2 nitrogen and oxygen atoms in total. The fraction of sp³-hybridized carbons (Fsp3) is 0.357. The summed E-state index contributed by atoms with van der Waals surface area (Å²) in [4.78, 5) is 11.8. The Bertz CT molecular complexity index is 429. The summed E-state index contributed by atoms with van der Waals surface area (Å²) in [6.45, 7) is 5.87. The summed E-state index contributed by atoms with van der Waals surface area (Å²) >= 11 is 0. The predicted molar refractivity (Wildman–Crippen MR) is 63.5 cm³/mol. The quantitative estimate of drug-likeness (QED) is 0.673. The Balaban J connectivity index is 2.37. The molecule has 0 aliphatic carbocycles. The Morgan fingerprint density at radius 2 is 1.81 bits per heavy atom. The zero-order valence-electron chi connectivity index (χ0n) is 9.86. The van der Waals surface area contributed by atoms with E-state index in [-0.39, 0.29) is 11.9 Å². The van der Waals surface area contributed by atoms with E-state index in [1.54, 1.807) is 0 Å². The molecule has 16 heavy (non-hydrogen) atoms. The molecule has 0 amide bonds. The lowest BCUT2D eigenvalue weighted by Crippen LogP contribution is -2.35. The summed E-state index contributed by atoms with van der Waals surface area (Å²) in [6.07, 6.45) is 2.02. The maximum Gasteiger partial charge on any atom is 0.317 e. The third-order valence-electron chi connectivity index (χ3n) is 3.33. The second-order valence-corrected chi connectivity index (χ2v) is 4.80. The summed E-state index contributed by atoms with van der Waals surface area (Å²) in [5, 5.41) is 0. The van der Waals surface area contributed by atoms with Crippen LogP contribution in [0.1, 0.15) is 26.3 Å². The summed E-state index contributed by atoms with van der Waals surface area (Å²) in [5.74, 6) is 0.711. The van der Waals surface area contributed by atoms with Crippen LogP contribution in [0, 0.1) is 11.3 Å². The number of allylic oxidation sites excluding steroid dienone is 1. The lowest BCUT2D eigenvalue weighted by Gasteiger charge is -2.32. The maximum atomic E-state index is 11.8.